The summed E-state index contributed by atoms with van der Waals surface area (Å²) in [5.74, 6) is -0.462. The zero-order valence-corrected chi connectivity index (χ0v) is 23.8. The van der Waals surface area contributed by atoms with Crippen molar-refractivity contribution in [2.24, 2.45) is 11.7 Å². The molecule has 208 valence electrons. The predicted molar refractivity (Wildman–Crippen MR) is 153 cm³/mol. The Labute approximate surface area is 238 Å². The molecule has 11 heteroatoms. The van der Waals surface area contributed by atoms with Crippen molar-refractivity contribution >= 4 is 47.2 Å². The van der Waals surface area contributed by atoms with E-state index in [1.54, 1.807) is 47.0 Å². The number of nitrogens with zero attached hydrogens (tertiary/aromatic N) is 4. The molecule has 0 atom stereocenters. The van der Waals surface area contributed by atoms with Crippen LogP contribution in [0, 0.1) is 5.92 Å². The molecule has 2 aromatic carbocycles. The lowest BCUT2D eigenvalue weighted by atomic mass is 10.00. The van der Waals surface area contributed by atoms with Gasteiger partial charge in [0.15, 0.2) is 11.5 Å². The number of hydrogen-bond donors (Lipinski definition) is 1. The number of halogens is 2. The molecule has 9 nitrogen and oxygen atoms in total. The number of imidazole rings is 1. The second-order valence-corrected chi connectivity index (χ2v) is 9.68. The van der Waals surface area contributed by atoms with E-state index >= 15 is 0 Å². The third-order valence-electron chi connectivity index (χ3n) is 6.21. The summed E-state index contributed by atoms with van der Waals surface area (Å²) in [6.07, 6.45) is 2.06. The SMILES string of the molecule is CC.CN(CC1CCOCC1)c1nc(-c2ccccc2Cl)n(-c2ccc(Cl)cc2)c1C(=O)N(C=O)CC(N)=O. The Balaban J connectivity index is 0.00000205. The van der Waals surface area contributed by atoms with Crippen LogP contribution in [0.4, 0.5) is 5.82 Å². The molecule has 1 saturated heterocycles. The summed E-state index contributed by atoms with van der Waals surface area (Å²) in [6.45, 7) is 5.39. The fraction of sp³-hybridized carbons (Fsp3) is 0.357. The standard InChI is InChI=1S/C26H27Cl2N5O4.C2H6/c1-31(14-17-10-12-37-13-11-17)25-23(26(36)32(16-34)15-22(29)35)33(19-8-6-18(27)7-9-19)24(30-25)20-4-2-3-5-21(20)28;1-2/h2-9,16-17H,10-15H2,1H3,(H2,29,35);1-2H3. The number of carbonyl (C=O) groups is 3. The third kappa shape index (κ3) is 7.17. The maximum Gasteiger partial charge on any atom is 0.281 e. The van der Waals surface area contributed by atoms with Crippen LogP contribution in [0.2, 0.25) is 10.0 Å². The summed E-state index contributed by atoms with van der Waals surface area (Å²) in [4.78, 5) is 44.9. The molecule has 0 unspecified atom stereocenters. The number of rotatable bonds is 9. The molecular formula is C28H33Cl2N5O4. The van der Waals surface area contributed by atoms with Crippen molar-refractivity contribution in [1.82, 2.24) is 14.5 Å². The van der Waals surface area contributed by atoms with Crippen LogP contribution in [0.25, 0.3) is 17.1 Å². The summed E-state index contributed by atoms with van der Waals surface area (Å²) < 4.78 is 7.12. The summed E-state index contributed by atoms with van der Waals surface area (Å²) >= 11 is 12.7. The lowest BCUT2D eigenvalue weighted by Gasteiger charge is -2.28. The van der Waals surface area contributed by atoms with Gasteiger partial charge in [0.05, 0.1) is 5.02 Å². The van der Waals surface area contributed by atoms with E-state index in [4.69, 9.17) is 38.7 Å². The third-order valence-corrected chi connectivity index (χ3v) is 6.79. The van der Waals surface area contributed by atoms with Crippen LogP contribution >= 0.6 is 23.2 Å². The highest BCUT2D eigenvalue weighted by atomic mass is 35.5. The van der Waals surface area contributed by atoms with Gasteiger partial charge in [-0.1, -0.05) is 49.2 Å². The number of carbonyl (C=O) groups excluding carboxylic acids is 3. The van der Waals surface area contributed by atoms with Gasteiger partial charge in [0.1, 0.15) is 12.4 Å². The van der Waals surface area contributed by atoms with E-state index in [0.717, 1.165) is 17.7 Å². The van der Waals surface area contributed by atoms with E-state index in [2.05, 4.69) is 0 Å². The molecule has 0 bridgehead atoms. The normalized spacial score (nSPS) is 13.3. The smallest absolute Gasteiger partial charge is 0.281 e. The molecule has 0 radical (unpaired) electrons. The molecular weight excluding hydrogens is 541 g/mol. The number of benzene rings is 2. The van der Waals surface area contributed by atoms with Gasteiger partial charge >= 0.3 is 0 Å². The van der Waals surface area contributed by atoms with Crippen LogP contribution < -0.4 is 10.6 Å². The van der Waals surface area contributed by atoms with Crippen LogP contribution in [0.1, 0.15) is 37.2 Å². The van der Waals surface area contributed by atoms with Gasteiger partial charge in [0, 0.05) is 43.1 Å². The molecule has 0 aliphatic carbocycles. The molecule has 2 heterocycles. The van der Waals surface area contributed by atoms with Crippen molar-refractivity contribution in [3.63, 3.8) is 0 Å². The van der Waals surface area contributed by atoms with Gasteiger partial charge in [-0.3, -0.25) is 23.9 Å². The zero-order chi connectivity index (χ0) is 28.5. The number of primary amides is 1. The molecule has 1 fully saturated rings. The van der Waals surface area contributed by atoms with Gasteiger partial charge in [-0.25, -0.2) is 4.98 Å². The quantitative estimate of drug-likeness (QED) is 0.367. The van der Waals surface area contributed by atoms with Gasteiger partial charge in [0.25, 0.3) is 5.91 Å². The molecule has 39 heavy (non-hydrogen) atoms. The summed E-state index contributed by atoms with van der Waals surface area (Å²) in [6, 6.07) is 14.0. The Morgan fingerprint density at radius 3 is 2.33 bits per heavy atom. The number of aromatic nitrogens is 2. The minimum atomic E-state index is -0.818. The minimum Gasteiger partial charge on any atom is -0.381 e. The molecule has 1 aromatic heterocycles. The van der Waals surface area contributed by atoms with Gasteiger partial charge in [-0.15, -0.1) is 0 Å². The number of hydrogen-bond acceptors (Lipinski definition) is 6. The van der Waals surface area contributed by atoms with E-state index in [9.17, 15) is 14.4 Å². The van der Waals surface area contributed by atoms with Gasteiger partial charge in [-0.2, -0.15) is 0 Å². The fourth-order valence-electron chi connectivity index (χ4n) is 4.39. The van der Waals surface area contributed by atoms with Crippen LogP contribution in [0.5, 0.6) is 0 Å². The summed E-state index contributed by atoms with van der Waals surface area (Å²) in [7, 11) is 1.84. The van der Waals surface area contributed by atoms with E-state index < -0.39 is 18.4 Å². The van der Waals surface area contributed by atoms with Crippen molar-refractivity contribution in [1.29, 1.82) is 0 Å². The summed E-state index contributed by atoms with van der Waals surface area (Å²) in [5.41, 5.74) is 6.58. The number of ether oxygens (including phenoxy) is 1. The van der Waals surface area contributed by atoms with Crippen molar-refractivity contribution in [2.45, 2.75) is 26.7 Å². The van der Waals surface area contributed by atoms with Crippen molar-refractivity contribution in [3.05, 3.63) is 64.3 Å². The Morgan fingerprint density at radius 2 is 1.74 bits per heavy atom. The molecule has 2 N–H and O–H groups in total. The molecule has 1 aliphatic heterocycles. The lowest BCUT2D eigenvalue weighted by molar-refractivity contribution is -0.124. The predicted octanol–water partition coefficient (Wildman–Crippen LogP) is 4.82. The average Bonchev–Trinajstić information content (AvgIpc) is 3.34. The molecule has 1 aliphatic rings. The number of anilines is 1. The van der Waals surface area contributed by atoms with E-state index in [1.807, 2.05) is 31.9 Å². The van der Waals surface area contributed by atoms with Crippen LogP contribution in [-0.4, -0.2) is 66.0 Å². The average molecular weight is 575 g/mol. The van der Waals surface area contributed by atoms with Crippen molar-refractivity contribution in [3.8, 4) is 17.1 Å². The van der Waals surface area contributed by atoms with E-state index in [1.165, 1.54) is 0 Å². The summed E-state index contributed by atoms with van der Waals surface area (Å²) in [5, 5.41) is 0.945. The second-order valence-electron chi connectivity index (χ2n) is 8.84. The second kappa shape index (κ2) is 14.1. The highest BCUT2D eigenvalue weighted by molar-refractivity contribution is 6.33. The lowest BCUT2D eigenvalue weighted by Crippen LogP contribution is -2.39. The maximum atomic E-state index is 13.8. The molecule has 0 spiro atoms. The van der Waals surface area contributed by atoms with Crippen LogP contribution in [0.15, 0.2) is 48.5 Å². The van der Waals surface area contributed by atoms with Crippen molar-refractivity contribution in [2.75, 3.05) is 38.3 Å². The van der Waals surface area contributed by atoms with Gasteiger partial charge < -0.3 is 15.4 Å². The first-order chi connectivity index (χ1) is 18.8. The van der Waals surface area contributed by atoms with E-state index in [-0.39, 0.29) is 5.69 Å². The minimum absolute atomic E-state index is 0.0974. The zero-order valence-electron chi connectivity index (χ0n) is 22.3. The maximum absolute atomic E-state index is 13.8. The number of nitrogens with two attached hydrogens (primary N) is 1. The Bertz CT molecular complexity index is 1290. The topological polar surface area (TPSA) is 111 Å². The van der Waals surface area contributed by atoms with Gasteiger partial charge in [0.2, 0.25) is 12.3 Å². The van der Waals surface area contributed by atoms with Crippen LogP contribution in [0.3, 0.4) is 0 Å². The highest BCUT2D eigenvalue weighted by Crippen LogP contribution is 2.36. The molecule has 0 saturated carbocycles. The monoisotopic (exact) mass is 573 g/mol. The van der Waals surface area contributed by atoms with Crippen molar-refractivity contribution < 1.29 is 19.1 Å². The van der Waals surface area contributed by atoms with Gasteiger partial charge in [-0.05, 0) is 55.2 Å². The molecule has 4 rings (SSSR count). The Kier molecular flexibility index (Phi) is 10.9. The van der Waals surface area contributed by atoms with Crippen LogP contribution in [-0.2, 0) is 14.3 Å². The highest BCUT2D eigenvalue weighted by Gasteiger charge is 2.32. The Hall–Kier alpha value is -3.40. The van der Waals surface area contributed by atoms with E-state index in [0.29, 0.717) is 65.0 Å². The number of imide groups is 1. The Morgan fingerprint density at radius 1 is 1.10 bits per heavy atom. The fourth-order valence-corrected chi connectivity index (χ4v) is 4.74. The first-order valence-corrected chi connectivity index (χ1v) is 13.5. The molecule has 3 amide bonds. The molecule has 3 aromatic rings. The largest absolute Gasteiger partial charge is 0.381 e. The number of amides is 3. The first-order valence-electron chi connectivity index (χ1n) is 12.8. The first kappa shape index (κ1) is 30.1.